The van der Waals surface area contributed by atoms with E-state index in [4.69, 9.17) is 0 Å². The van der Waals surface area contributed by atoms with Gasteiger partial charge in [0.2, 0.25) is 0 Å². The van der Waals surface area contributed by atoms with Crippen molar-refractivity contribution < 1.29 is 8.78 Å². The van der Waals surface area contributed by atoms with Crippen molar-refractivity contribution in [2.45, 2.75) is 0 Å². The molecule has 0 saturated heterocycles. The Morgan fingerprint density at radius 2 is 0.816 bits per heavy atom. The van der Waals surface area contributed by atoms with Crippen LogP contribution in [0, 0.1) is 11.6 Å². The van der Waals surface area contributed by atoms with Crippen LogP contribution in [-0.4, -0.2) is 0 Å². The van der Waals surface area contributed by atoms with Crippen LogP contribution < -0.4 is 0 Å². The van der Waals surface area contributed by atoms with Crippen molar-refractivity contribution in [3.8, 4) is 19.5 Å². The van der Waals surface area contributed by atoms with Crippen LogP contribution in [0.25, 0.3) is 85.3 Å². The summed E-state index contributed by atoms with van der Waals surface area (Å²) < 4.78 is 47.9. The maximum absolute atomic E-state index is 15.8. The number of fused-ring (bicyclic) bond motifs is 11. The lowest BCUT2D eigenvalue weighted by molar-refractivity contribution is 0.644. The second-order valence-electron chi connectivity index (χ2n) is 8.71. The fourth-order valence-corrected chi connectivity index (χ4v) is 18.3. The Morgan fingerprint density at radius 3 is 1.29 bits per heavy atom. The van der Waals surface area contributed by atoms with Gasteiger partial charge in [-0.25, -0.2) is 8.78 Å². The second kappa shape index (κ2) is 7.69. The third-order valence-corrected chi connectivity index (χ3v) is 19.5. The molecule has 0 atom stereocenters. The van der Waals surface area contributed by atoms with Gasteiger partial charge in [0.25, 0.3) is 0 Å². The predicted octanol–water partition coefficient (Wildman–Crippen LogP) is 14.0. The first kappa shape index (κ1) is 22.4. The number of hydrogen-bond acceptors (Lipinski definition) is 10. The Hall–Kier alpha value is -1.32. The van der Waals surface area contributed by atoms with Crippen molar-refractivity contribution in [1.29, 1.82) is 0 Å². The molecule has 0 saturated carbocycles. The summed E-state index contributed by atoms with van der Waals surface area (Å²) in [5.74, 6) is -0.562. The highest BCUT2D eigenvalue weighted by atomic mass is 32.1. The predicted molar refractivity (Wildman–Crippen MR) is 179 cm³/mol. The first-order chi connectivity index (χ1) is 18.6. The number of rotatable bonds is 2. The fraction of sp³-hybridized carbons (Fsp3) is 0. The van der Waals surface area contributed by atoms with Crippen LogP contribution in [0.15, 0.2) is 35.0 Å². The van der Waals surface area contributed by atoms with E-state index in [1.165, 1.54) is 79.1 Å². The molecule has 0 spiro atoms. The number of halogens is 2. The van der Waals surface area contributed by atoms with Crippen molar-refractivity contribution in [2.75, 3.05) is 0 Å². The van der Waals surface area contributed by atoms with Gasteiger partial charge in [0.15, 0.2) is 11.6 Å². The third kappa shape index (κ3) is 2.79. The van der Waals surface area contributed by atoms with E-state index in [1.807, 2.05) is 22.7 Å². The van der Waals surface area contributed by atoms with Gasteiger partial charge >= 0.3 is 0 Å². The van der Waals surface area contributed by atoms with Gasteiger partial charge in [-0.05, 0) is 35.0 Å². The van der Waals surface area contributed by atoms with Gasteiger partial charge < -0.3 is 0 Å². The number of hydrogen-bond donors (Lipinski definition) is 0. The van der Waals surface area contributed by atoms with Gasteiger partial charge in [-0.15, -0.1) is 113 Å². The standard InChI is InChI=1S/C26H6F2S10/c27-13-15(9-5-11-19(33-9)25-23(35-11)17-7(31-25)1-3-29-17)37-22-14(28)16(38-21(13)22)10-6-12-20(34-10)26-24(36-12)18-8(32-26)2-4-30-18/h1-6H. The van der Waals surface area contributed by atoms with Crippen molar-refractivity contribution in [1.82, 2.24) is 0 Å². The lowest BCUT2D eigenvalue weighted by Gasteiger charge is -1.94. The SMILES string of the molecule is Fc1c(-c2cc3sc4c5sccc5sc4c3s2)sc2c(F)c(-c3cc4sc5c6sccc6sc5c4s3)sc12. The van der Waals surface area contributed by atoms with E-state index in [2.05, 4.69) is 35.0 Å². The Kier molecular flexibility index (Phi) is 4.53. The molecule has 10 aromatic heterocycles. The molecule has 12 heteroatoms. The normalized spacial score (nSPS) is 13.0. The topological polar surface area (TPSA) is 0 Å². The van der Waals surface area contributed by atoms with Crippen molar-refractivity contribution in [2.24, 2.45) is 0 Å². The monoisotopic (exact) mass is 676 g/mol. The van der Waals surface area contributed by atoms with Crippen LogP contribution in [0.4, 0.5) is 8.78 Å². The lowest BCUT2D eigenvalue weighted by atomic mass is 10.3. The summed E-state index contributed by atoms with van der Waals surface area (Å²) >= 11 is 16.6. The first-order valence-electron chi connectivity index (χ1n) is 11.2. The van der Waals surface area contributed by atoms with E-state index in [0.717, 1.165) is 9.75 Å². The van der Waals surface area contributed by atoms with Crippen molar-refractivity contribution >= 4 is 179 Å². The van der Waals surface area contributed by atoms with Crippen LogP contribution >= 0.6 is 113 Å². The average molecular weight is 677 g/mol. The molecule has 38 heavy (non-hydrogen) atoms. The summed E-state index contributed by atoms with van der Waals surface area (Å²) in [6.07, 6.45) is 0. The Bertz CT molecular complexity index is 2370. The van der Waals surface area contributed by atoms with Gasteiger partial charge in [0, 0.05) is 28.6 Å². The summed E-state index contributed by atoms with van der Waals surface area (Å²) in [7, 11) is 0. The van der Waals surface area contributed by atoms with Gasteiger partial charge in [-0.1, -0.05) is 0 Å². The summed E-state index contributed by atoms with van der Waals surface area (Å²) in [5, 5.41) is 4.28. The minimum atomic E-state index is -0.281. The van der Waals surface area contributed by atoms with Crippen LogP contribution in [0.3, 0.4) is 0 Å². The summed E-state index contributed by atoms with van der Waals surface area (Å²) in [6, 6.07) is 8.54. The van der Waals surface area contributed by atoms with Crippen LogP contribution in [-0.2, 0) is 0 Å². The van der Waals surface area contributed by atoms with Crippen molar-refractivity contribution in [3.63, 3.8) is 0 Å². The highest BCUT2D eigenvalue weighted by molar-refractivity contribution is 7.46. The van der Waals surface area contributed by atoms with Gasteiger partial charge in [-0.2, -0.15) is 0 Å². The van der Waals surface area contributed by atoms with E-state index in [1.54, 1.807) is 68.0 Å². The molecule has 0 fully saturated rings. The van der Waals surface area contributed by atoms with E-state index in [-0.39, 0.29) is 11.6 Å². The molecular formula is C26H6F2S10. The average Bonchev–Trinajstić information content (AvgIpc) is 3.70. The highest BCUT2D eigenvalue weighted by Crippen LogP contribution is 2.55. The van der Waals surface area contributed by atoms with Gasteiger partial charge in [0.1, 0.15) is 0 Å². The van der Waals surface area contributed by atoms with Gasteiger partial charge in [-0.3, -0.25) is 0 Å². The Labute approximate surface area is 251 Å². The maximum atomic E-state index is 15.8. The first-order valence-corrected chi connectivity index (χ1v) is 19.5. The second-order valence-corrected chi connectivity index (χ2v) is 18.9. The molecule has 0 aliphatic heterocycles. The lowest BCUT2D eigenvalue weighted by Crippen LogP contribution is -1.71. The quantitative estimate of drug-likeness (QED) is 0.171. The molecule has 0 radical (unpaired) electrons. The van der Waals surface area contributed by atoms with Crippen LogP contribution in [0.5, 0.6) is 0 Å². The Morgan fingerprint density at radius 1 is 0.395 bits per heavy atom. The van der Waals surface area contributed by atoms with E-state index < -0.39 is 0 Å². The minimum absolute atomic E-state index is 0.281. The minimum Gasteiger partial charge on any atom is -0.204 e. The smallest absolute Gasteiger partial charge is 0.160 e. The molecule has 0 aliphatic carbocycles. The zero-order valence-corrected chi connectivity index (χ0v) is 26.5. The summed E-state index contributed by atoms with van der Waals surface area (Å²) in [5.41, 5.74) is 0. The number of thiophene rings is 10. The zero-order valence-electron chi connectivity index (χ0n) is 18.3. The van der Waals surface area contributed by atoms with E-state index in [0.29, 0.717) is 19.2 Å². The van der Waals surface area contributed by atoms with E-state index in [9.17, 15) is 0 Å². The molecule has 0 aliphatic rings. The zero-order chi connectivity index (χ0) is 24.9. The molecule has 10 rings (SSSR count). The largest absolute Gasteiger partial charge is 0.204 e. The van der Waals surface area contributed by atoms with Crippen LogP contribution in [0.2, 0.25) is 0 Å². The molecule has 0 amide bonds. The molecular weight excluding hydrogens is 671 g/mol. The summed E-state index contributed by atoms with van der Waals surface area (Å²) in [4.78, 5) is 2.91. The molecule has 0 aromatic carbocycles. The molecule has 0 unspecified atom stereocenters. The van der Waals surface area contributed by atoms with Crippen molar-refractivity contribution in [3.05, 3.63) is 46.7 Å². The summed E-state index contributed by atoms with van der Waals surface area (Å²) in [6.45, 7) is 0. The molecule has 184 valence electrons. The third-order valence-electron chi connectivity index (χ3n) is 6.60. The van der Waals surface area contributed by atoms with E-state index >= 15 is 8.78 Å². The highest BCUT2D eigenvalue weighted by Gasteiger charge is 2.26. The molecule has 0 bridgehead atoms. The maximum Gasteiger partial charge on any atom is 0.160 e. The fourth-order valence-electron chi connectivity index (χ4n) is 4.95. The Balaban J connectivity index is 1.11. The molecule has 10 aromatic rings. The molecule has 10 heterocycles. The van der Waals surface area contributed by atoms with Gasteiger partial charge in [0.05, 0.1) is 56.8 Å². The molecule has 0 nitrogen and oxygen atoms in total. The van der Waals surface area contributed by atoms with Crippen LogP contribution in [0.1, 0.15) is 0 Å². The molecule has 0 N–H and O–H groups in total.